The van der Waals surface area contributed by atoms with Gasteiger partial charge in [0.15, 0.2) is 9.84 Å². The summed E-state index contributed by atoms with van der Waals surface area (Å²) in [6.07, 6.45) is 0. The maximum absolute atomic E-state index is 12.3. The molecule has 0 saturated carbocycles. The lowest BCUT2D eigenvalue weighted by Crippen LogP contribution is -2.48. The van der Waals surface area contributed by atoms with Gasteiger partial charge in [0.1, 0.15) is 5.75 Å². The van der Waals surface area contributed by atoms with Gasteiger partial charge in [-0.15, -0.1) is 0 Å². The van der Waals surface area contributed by atoms with Gasteiger partial charge >= 0.3 is 0 Å². The van der Waals surface area contributed by atoms with E-state index >= 15 is 0 Å². The van der Waals surface area contributed by atoms with Crippen LogP contribution in [-0.4, -0.2) is 49.5 Å². The third-order valence-electron chi connectivity index (χ3n) is 3.07. The first-order valence-corrected chi connectivity index (χ1v) is 9.55. The normalized spacial score (nSPS) is 11.9. The SMILES string of the molecule is CCN(CC(=O)NC(C)(C)C)C(=O)CS(=O)(=O)c1ccc(Cl)cc1. The monoisotopic (exact) mass is 374 g/mol. The van der Waals surface area contributed by atoms with Crippen molar-refractivity contribution in [3.05, 3.63) is 29.3 Å². The van der Waals surface area contributed by atoms with Crippen LogP contribution in [-0.2, 0) is 19.4 Å². The van der Waals surface area contributed by atoms with E-state index in [0.29, 0.717) is 5.02 Å². The number of rotatable bonds is 6. The number of halogens is 1. The number of likely N-dealkylation sites (N-methyl/N-ethyl adjacent to an activating group) is 1. The average molecular weight is 375 g/mol. The fraction of sp³-hybridized carbons (Fsp3) is 0.500. The van der Waals surface area contributed by atoms with Gasteiger partial charge in [0, 0.05) is 17.1 Å². The lowest BCUT2D eigenvalue weighted by atomic mass is 10.1. The van der Waals surface area contributed by atoms with Crippen molar-refractivity contribution in [1.29, 1.82) is 0 Å². The molecule has 0 aliphatic carbocycles. The number of nitrogens with one attached hydrogen (secondary N) is 1. The minimum atomic E-state index is -3.78. The molecule has 2 amide bonds. The van der Waals surface area contributed by atoms with Crippen molar-refractivity contribution in [3.8, 4) is 0 Å². The van der Waals surface area contributed by atoms with E-state index in [1.807, 2.05) is 20.8 Å². The molecule has 0 spiro atoms. The maximum Gasteiger partial charge on any atom is 0.240 e. The first kappa shape index (κ1) is 20.4. The minimum Gasteiger partial charge on any atom is -0.350 e. The number of amides is 2. The second-order valence-electron chi connectivity index (χ2n) is 6.42. The molecule has 1 aromatic carbocycles. The highest BCUT2D eigenvalue weighted by Gasteiger charge is 2.25. The molecule has 0 unspecified atom stereocenters. The van der Waals surface area contributed by atoms with Crippen LogP contribution in [0.1, 0.15) is 27.7 Å². The molecule has 0 bridgehead atoms. The largest absolute Gasteiger partial charge is 0.350 e. The lowest BCUT2D eigenvalue weighted by Gasteiger charge is -2.25. The Balaban J connectivity index is 2.79. The van der Waals surface area contributed by atoms with Crippen LogP contribution < -0.4 is 5.32 Å². The van der Waals surface area contributed by atoms with Crippen molar-refractivity contribution in [3.63, 3.8) is 0 Å². The van der Waals surface area contributed by atoms with E-state index in [1.54, 1.807) is 6.92 Å². The molecule has 1 rings (SSSR count). The second kappa shape index (κ2) is 7.98. The van der Waals surface area contributed by atoms with E-state index in [2.05, 4.69) is 5.32 Å². The number of hydrogen-bond donors (Lipinski definition) is 1. The molecule has 8 heteroatoms. The van der Waals surface area contributed by atoms with Gasteiger partial charge in [-0.3, -0.25) is 9.59 Å². The Morgan fingerprint density at radius 3 is 2.17 bits per heavy atom. The third-order valence-corrected chi connectivity index (χ3v) is 4.94. The third kappa shape index (κ3) is 6.49. The first-order valence-electron chi connectivity index (χ1n) is 7.52. The number of carbonyl (C=O) groups excluding carboxylic acids is 2. The Morgan fingerprint density at radius 2 is 1.71 bits per heavy atom. The van der Waals surface area contributed by atoms with Crippen LogP contribution in [0.15, 0.2) is 29.2 Å². The molecule has 6 nitrogen and oxygen atoms in total. The Hall–Kier alpha value is -1.60. The Labute approximate surface area is 148 Å². The average Bonchev–Trinajstić information content (AvgIpc) is 2.42. The van der Waals surface area contributed by atoms with Crippen LogP contribution in [0.3, 0.4) is 0 Å². The molecule has 0 aliphatic rings. The molecular formula is C16H23ClN2O4S. The van der Waals surface area contributed by atoms with E-state index in [9.17, 15) is 18.0 Å². The maximum atomic E-state index is 12.3. The molecule has 1 aromatic rings. The van der Waals surface area contributed by atoms with Gasteiger partial charge in [-0.25, -0.2) is 8.42 Å². The Morgan fingerprint density at radius 1 is 1.17 bits per heavy atom. The summed E-state index contributed by atoms with van der Waals surface area (Å²) in [5.41, 5.74) is -0.422. The van der Waals surface area contributed by atoms with Crippen LogP contribution in [0, 0.1) is 0 Å². The van der Waals surface area contributed by atoms with E-state index < -0.39 is 27.0 Å². The molecular weight excluding hydrogens is 352 g/mol. The van der Waals surface area contributed by atoms with Crippen molar-refractivity contribution in [1.82, 2.24) is 10.2 Å². The molecule has 0 heterocycles. The van der Waals surface area contributed by atoms with Crippen molar-refractivity contribution in [2.45, 2.75) is 38.1 Å². The summed E-state index contributed by atoms with van der Waals surface area (Å²) in [4.78, 5) is 25.4. The van der Waals surface area contributed by atoms with E-state index in [4.69, 9.17) is 11.6 Å². The van der Waals surface area contributed by atoms with Gasteiger partial charge in [0.25, 0.3) is 0 Å². The summed E-state index contributed by atoms with van der Waals surface area (Å²) in [6, 6.07) is 5.61. The fourth-order valence-corrected chi connectivity index (χ4v) is 3.34. The number of hydrogen-bond acceptors (Lipinski definition) is 4. The summed E-state index contributed by atoms with van der Waals surface area (Å²) >= 11 is 5.74. The smallest absolute Gasteiger partial charge is 0.240 e. The van der Waals surface area contributed by atoms with Gasteiger partial charge < -0.3 is 10.2 Å². The minimum absolute atomic E-state index is 0.0236. The summed E-state index contributed by atoms with van der Waals surface area (Å²) in [5.74, 6) is -1.64. The number of benzene rings is 1. The summed E-state index contributed by atoms with van der Waals surface area (Å²) in [6.45, 7) is 7.24. The second-order valence-corrected chi connectivity index (χ2v) is 8.85. The number of sulfone groups is 1. The quantitative estimate of drug-likeness (QED) is 0.823. The zero-order valence-corrected chi connectivity index (χ0v) is 15.9. The highest BCUT2D eigenvalue weighted by Crippen LogP contribution is 2.16. The van der Waals surface area contributed by atoms with Gasteiger partial charge in [-0.1, -0.05) is 11.6 Å². The lowest BCUT2D eigenvalue weighted by molar-refractivity contribution is -0.134. The molecule has 0 radical (unpaired) electrons. The molecule has 0 atom stereocenters. The van der Waals surface area contributed by atoms with E-state index in [-0.39, 0.29) is 23.9 Å². The first-order chi connectivity index (χ1) is 10.9. The van der Waals surface area contributed by atoms with Crippen molar-refractivity contribution < 1.29 is 18.0 Å². The van der Waals surface area contributed by atoms with Crippen molar-refractivity contribution >= 4 is 33.3 Å². The molecule has 134 valence electrons. The van der Waals surface area contributed by atoms with Gasteiger partial charge in [-0.05, 0) is 52.0 Å². The van der Waals surface area contributed by atoms with Gasteiger partial charge in [0.2, 0.25) is 11.8 Å². The summed E-state index contributed by atoms with van der Waals surface area (Å²) < 4.78 is 24.6. The van der Waals surface area contributed by atoms with Crippen LogP contribution in [0.4, 0.5) is 0 Å². The molecule has 1 N–H and O–H groups in total. The standard InChI is InChI=1S/C16H23ClN2O4S/c1-5-19(10-14(20)18-16(2,3)4)15(21)11-24(22,23)13-8-6-12(17)7-9-13/h6-9H,5,10-11H2,1-4H3,(H,18,20). The van der Waals surface area contributed by atoms with Crippen LogP contribution in [0.25, 0.3) is 0 Å². The van der Waals surface area contributed by atoms with Crippen molar-refractivity contribution in [2.75, 3.05) is 18.8 Å². The molecule has 0 saturated heterocycles. The molecule has 0 aromatic heterocycles. The van der Waals surface area contributed by atoms with E-state index in [0.717, 1.165) is 0 Å². The molecule has 24 heavy (non-hydrogen) atoms. The Bertz CT molecular complexity index is 694. The predicted octanol–water partition coefficient (Wildman–Crippen LogP) is 1.88. The number of nitrogens with zero attached hydrogens (tertiary/aromatic N) is 1. The summed E-state index contributed by atoms with van der Waals surface area (Å²) in [5, 5.41) is 3.15. The molecule has 0 fully saturated rings. The van der Waals surface area contributed by atoms with Crippen molar-refractivity contribution in [2.24, 2.45) is 0 Å². The fourth-order valence-electron chi connectivity index (χ4n) is 1.99. The van der Waals surface area contributed by atoms with Crippen LogP contribution in [0.5, 0.6) is 0 Å². The van der Waals surface area contributed by atoms with Gasteiger partial charge in [-0.2, -0.15) is 0 Å². The number of carbonyl (C=O) groups is 2. The topological polar surface area (TPSA) is 83.6 Å². The van der Waals surface area contributed by atoms with Gasteiger partial charge in [0.05, 0.1) is 11.4 Å². The zero-order valence-electron chi connectivity index (χ0n) is 14.3. The summed E-state index contributed by atoms with van der Waals surface area (Å²) in [7, 11) is -3.78. The van der Waals surface area contributed by atoms with Crippen LogP contribution in [0.2, 0.25) is 5.02 Å². The van der Waals surface area contributed by atoms with Crippen LogP contribution >= 0.6 is 11.6 Å². The Kier molecular flexibility index (Phi) is 6.80. The zero-order chi connectivity index (χ0) is 18.5. The van der Waals surface area contributed by atoms with E-state index in [1.165, 1.54) is 29.2 Å². The highest BCUT2D eigenvalue weighted by atomic mass is 35.5. The highest BCUT2D eigenvalue weighted by molar-refractivity contribution is 7.92. The predicted molar refractivity (Wildman–Crippen MR) is 93.7 cm³/mol. The molecule has 0 aliphatic heterocycles.